The van der Waals surface area contributed by atoms with Crippen LogP contribution in [0, 0.1) is 3.57 Å². The molecule has 1 nitrogen and oxygen atoms in total. The highest BCUT2D eigenvalue weighted by atomic mass is 127. The van der Waals surface area contributed by atoms with E-state index < -0.39 is 0 Å². The lowest BCUT2D eigenvalue weighted by Gasteiger charge is -2.21. The molecule has 1 fully saturated rings. The zero-order valence-corrected chi connectivity index (χ0v) is 11.7. The standard InChI is InChI=1S/C13H17IO/c1-13(2,3)11-8-10(6-7-12(11)14)15-9-4-5-9/h6-9H,4-5H2,1-3H3. The zero-order valence-electron chi connectivity index (χ0n) is 9.51. The van der Waals surface area contributed by atoms with Crippen LogP contribution in [0.25, 0.3) is 0 Å². The molecule has 0 heterocycles. The van der Waals surface area contributed by atoms with Crippen LogP contribution in [0.15, 0.2) is 18.2 Å². The van der Waals surface area contributed by atoms with Crippen molar-refractivity contribution in [1.29, 1.82) is 0 Å². The first kappa shape index (κ1) is 11.2. The summed E-state index contributed by atoms with van der Waals surface area (Å²) in [7, 11) is 0. The van der Waals surface area contributed by atoms with Crippen molar-refractivity contribution in [1.82, 2.24) is 0 Å². The third-order valence-electron chi connectivity index (χ3n) is 2.57. The van der Waals surface area contributed by atoms with Crippen LogP contribution in [0.2, 0.25) is 0 Å². The van der Waals surface area contributed by atoms with Crippen LogP contribution in [0.4, 0.5) is 0 Å². The molecule has 0 aliphatic heterocycles. The highest BCUT2D eigenvalue weighted by Crippen LogP contribution is 2.33. The van der Waals surface area contributed by atoms with Gasteiger partial charge in [0.2, 0.25) is 0 Å². The first-order chi connectivity index (χ1) is 6.97. The molecule has 2 heteroatoms. The van der Waals surface area contributed by atoms with Gasteiger partial charge in [-0.3, -0.25) is 0 Å². The highest BCUT2D eigenvalue weighted by Gasteiger charge is 2.24. The molecule has 0 aromatic heterocycles. The maximum Gasteiger partial charge on any atom is 0.120 e. The van der Waals surface area contributed by atoms with Crippen molar-refractivity contribution >= 4 is 22.6 Å². The molecule has 1 aliphatic carbocycles. The van der Waals surface area contributed by atoms with Gasteiger partial charge in [-0.1, -0.05) is 20.8 Å². The third kappa shape index (κ3) is 2.86. The summed E-state index contributed by atoms with van der Waals surface area (Å²) < 4.78 is 7.14. The summed E-state index contributed by atoms with van der Waals surface area (Å²) >= 11 is 2.40. The molecule has 1 aromatic rings. The second kappa shape index (κ2) is 3.96. The number of hydrogen-bond donors (Lipinski definition) is 0. The summed E-state index contributed by atoms with van der Waals surface area (Å²) in [5.41, 5.74) is 1.57. The van der Waals surface area contributed by atoms with Gasteiger partial charge in [0, 0.05) is 3.57 Å². The normalized spacial score (nSPS) is 16.5. The topological polar surface area (TPSA) is 9.23 Å². The van der Waals surface area contributed by atoms with E-state index in [9.17, 15) is 0 Å². The fourth-order valence-electron chi connectivity index (χ4n) is 1.53. The van der Waals surface area contributed by atoms with Crippen LogP contribution >= 0.6 is 22.6 Å². The number of rotatable bonds is 2. The van der Waals surface area contributed by atoms with E-state index in [1.54, 1.807) is 0 Å². The Hall–Kier alpha value is -0.250. The van der Waals surface area contributed by atoms with Gasteiger partial charge in [0.25, 0.3) is 0 Å². The van der Waals surface area contributed by atoms with E-state index in [4.69, 9.17) is 4.74 Å². The van der Waals surface area contributed by atoms with Crippen LogP contribution in [0.5, 0.6) is 5.75 Å². The minimum Gasteiger partial charge on any atom is -0.490 e. The van der Waals surface area contributed by atoms with Gasteiger partial charge in [0.15, 0.2) is 0 Å². The molecule has 0 amide bonds. The molecule has 0 radical (unpaired) electrons. The Bertz CT molecular complexity index is 361. The lowest BCUT2D eigenvalue weighted by molar-refractivity contribution is 0.302. The predicted octanol–water partition coefficient (Wildman–Crippen LogP) is 4.13. The van der Waals surface area contributed by atoms with Crippen LogP contribution in [0.3, 0.4) is 0 Å². The summed E-state index contributed by atoms with van der Waals surface area (Å²) in [5, 5.41) is 0. The van der Waals surface area contributed by atoms with Crippen molar-refractivity contribution in [3.8, 4) is 5.75 Å². The molecule has 1 aliphatic rings. The number of hydrogen-bond acceptors (Lipinski definition) is 1. The van der Waals surface area contributed by atoms with Gasteiger partial charge in [-0.25, -0.2) is 0 Å². The van der Waals surface area contributed by atoms with Crippen LogP contribution in [0.1, 0.15) is 39.2 Å². The van der Waals surface area contributed by atoms with E-state index in [1.807, 2.05) is 0 Å². The SMILES string of the molecule is CC(C)(C)c1cc(OC2CC2)ccc1I. The molecule has 0 unspecified atom stereocenters. The highest BCUT2D eigenvalue weighted by molar-refractivity contribution is 14.1. The summed E-state index contributed by atoms with van der Waals surface area (Å²) in [6, 6.07) is 6.42. The van der Waals surface area contributed by atoms with E-state index >= 15 is 0 Å². The predicted molar refractivity (Wildman–Crippen MR) is 71.5 cm³/mol. The summed E-state index contributed by atoms with van der Waals surface area (Å²) in [6.45, 7) is 6.72. The van der Waals surface area contributed by atoms with Crippen molar-refractivity contribution in [2.24, 2.45) is 0 Å². The molecular weight excluding hydrogens is 299 g/mol. The second-order valence-corrected chi connectivity index (χ2v) is 6.37. The Balaban J connectivity index is 2.27. The molecule has 0 bridgehead atoms. The fourth-order valence-corrected chi connectivity index (χ4v) is 2.68. The van der Waals surface area contributed by atoms with Gasteiger partial charge in [0.05, 0.1) is 6.10 Å². The molecule has 0 saturated heterocycles. The Labute approximate surface area is 105 Å². The lowest BCUT2D eigenvalue weighted by Crippen LogP contribution is -2.13. The minimum atomic E-state index is 0.194. The lowest BCUT2D eigenvalue weighted by atomic mass is 9.87. The Morgan fingerprint density at radius 3 is 2.47 bits per heavy atom. The summed E-state index contributed by atoms with van der Waals surface area (Å²) in [4.78, 5) is 0. The molecule has 0 N–H and O–H groups in total. The van der Waals surface area contributed by atoms with E-state index in [2.05, 4.69) is 61.6 Å². The van der Waals surface area contributed by atoms with Crippen molar-refractivity contribution in [2.45, 2.75) is 45.1 Å². The maximum absolute atomic E-state index is 5.81. The van der Waals surface area contributed by atoms with Gasteiger partial charge in [-0.15, -0.1) is 0 Å². The summed E-state index contributed by atoms with van der Waals surface area (Å²) in [6.07, 6.45) is 2.92. The molecule has 0 atom stereocenters. The first-order valence-electron chi connectivity index (χ1n) is 5.43. The fraction of sp³-hybridized carbons (Fsp3) is 0.538. The Morgan fingerprint density at radius 2 is 1.93 bits per heavy atom. The number of benzene rings is 1. The zero-order chi connectivity index (χ0) is 11.1. The van der Waals surface area contributed by atoms with Gasteiger partial charge < -0.3 is 4.74 Å². The van der Waals surface area contributed by atoms with Gasteiger partial charge >= 0.3 is 0 Å². The molecule has 1 aromatic carbocycles. The first-order valence-corrected chi connectivity index (χ1v) is 6.51. The monoisotopic (exact) mass is 316 g/mol. The van der Waals surface area contributed by atoms with E-state index in [-0.39, 0.29) is 5.41 Å². The molecule has 82 valence electrons. The average molecular weight is 316 g/mol. The second-order valence-electron chi connectivity index (χ2n) is 5.21. The van der Waals surface area contributed by atoms with Crippen molar-refractivity contribution in [3.63, 3.8) is 0 Å². The van der Waals surface area contributed by atoms with Crippen LogP contribution in [-0.2, 0) is 5.41 Å². The number of ether oxygens (including phenoxy) is 1. The quantitative estimate of drug-likeness (QED) is 0.746. The molecule has 1 saturated carbocycles. The third-order valence-corrected chi connectivity index (χ3v) is 3.51. The Kier molecular flexibility index (Phi) is 2.97. The van der Waals surface area contributed by atoms with Gasteiger partial charge in [0.1, 0.15) is 5.75 Å². The average Bonchev–Trinajstić information content (AvgIpc) is 2.90. The van der Waals surface area contributed by atoms with E-state index in [1.165, 1.54) is 22.0 Å². The van der Waals surface area contributed by atoms with Crippen LogP contribution in [-0.4, -0.2) is 6.10 Å². The molecule has 0 spiro atoms. The molecule has 15 heavy (non-hydrogen) atoms. The van der Waals surface area contributed by atoms with E-state index in [0.717, 1.165) is 5.75 Å². The largest absolute Gasteiger partial charge is 0.490 e. The van der Waals surface area contributed by atoms with Crippen molar-refractivity contribution < 1.29 is 4.74 Å². The molecular formula is C13H17IO. The van der Waals surface area contributed by atoms with Gasteiger partial charge in [-0.05, 0) is 64.6 Å². The maximum atomic E-state index is 5.81. The van der Waals surface area contributed by atoms with Crippen molar-refractivity contribution in [2.75, 3.05) is 0 Å². The smallest absolute Gasteiger partial charge is 0.120 e. The Morgan fingerprint density at radius 1 is 1.27 bits per heavy atom. The molecule has 2 rings (SSSR count). The van der Waals surface area contributed by atoms with Crippen LogP contribution < -0.4 is 4.74 Å². The minimum absolute atomic E-state index is 0.194. The summed E-state index contributed by atoms with van der Waals surface area (Å²) in [5.74, 6) is 1.03. The van der Waals surface area contributed by atoms with E-state index in [0.29, 0.717) is 6.10 Å². The van der Waals surface area contributed by atoms with Gasteiger partial charge in [-0.2, -0.15) is 0 Å². The van der Waals surface area contributed by atoms with Crippen molar-refractivity contribution in [3.05, 3.63) is 27.3 Å². The number of halogens is 1.